The van der Waals surface area contributed by atoms with Crippen LogP contribution >= 0.6 is 22.6 Å². The van der Waals surface area contributed by atoms with Crippen molar-refractivity contribution in [3.05, 3.63) is 52.4 Å². The minimum Gasteiger partial charge on any atom is -0.277 e. The maximum atomic E-state index is 12.0. The third-order valence-corrected chi connectivity index (χ3v) is 4.30. The van der Waals surface area contributed by atoms with Gasteiger partial charge < -0.3 is 0 Å². The molecule has 88 valence electrons. The van der Waals surface area contributed by atoms with Crippen molar-refractivity contribution >= 4 is 38.3 Å². The van der Waals surface area contributed by atoms with Gasteiger partial charge in [0.2, 0.25) is 0 Å². The molecule has 0 aliphatic rings. The first kappa shape index (κ1) is 12.3. The Balaban J connectivity index is 2.34. The number of nitrogens with one attached hydrogen (secondary N) is 1. The van der Waals surface area contributed by atoms with Crippen LogP contribution in [0.3, 0.4) is 0 Å². The molecule has 0 amide bonds. The molecule has 1 aromatic heterocycles. The highest BCUT2D eigenvalue weighted by Crippen LogP contribution is 2.19. The van der Waals surface area contributed by atoms with Crippen molar-refractivity contribution in [3.8, 4) is 0 Å². The van der Waals surface area contributed by atoms with E-state index in [-0.39, 0.29) is 4.90 Å². The number of hydrogen-bond donors (Lipinski definition) is 1. The largest absolute Gasteiger partial charge is 0.277 e. The summed E-state index contributed by atoms with van der Waals surface area (Å²) in [6.45, 7) is 0. The lowest BCUT2D eigenvalue weighted by molar-refractivity contribution is 0.601. The number of benzene rings is 1. The van der Waals surface area contributed by atoms with Crippen LogP contribution in [0.1, 0.15) is 0 Å². The van der Waals surface area contributed by atoms with Gasteiger partial charge in [-0.3, -0.25) is 4.72 Å². The molecule has 1 aromatic carbocycles. The van der Waals surface area contributed by atoms with E-state index in [1.165, 1.54) is 0 Å². The first-order chi connectivity index (χ1) is 8.09. The summed E-state index contributed by atoms with van der Waals surface area (Å²) < 4.78 is 27.1. The number of hydrogen-bond acceptors (Lipinski definition) is 3. The van der Waals surface area contributed by atoms with Gasteiger partial charge >= 0.3 is 0 Å². The van der Waals surface area contributed by atoms with E-state index >= 15 is 0 Å². The molecule has 0 fully saturated rings. The summed E-state index contributed by atoms with van der Waals surface area (Å²) in [6, 6.07) is 11.6. The lowest BCUT2D eigenvalue weighted by Gasteiger charge is -2.08. The molecule has 2 aromatic rings. The van der Waals surface area contributed by atoms with E-state index in [0.717, 1.165) is 0 Å². The smallest absolute Gasteiger partial charge is 0.261 e. The fourth-order valence-electron chi connectivity index (χ4n) is 1.27. The van der Waals surface area contributed by atoms with E-state index in [9.17, 15) is 8.42 Å². The number of pyridine rings is 1. The molecule has 0 spiro atoms. The second-order valence-electron chi connectivity index (χ2n) is 3.26. The molecule has 0 atom stereocenters. The Morgan fingerprint density at radius 3 is 2.41 bits per heavy atom. The van der Waals surface area contributed by atoms with Crippen molar-refractivity contribution in [2.24, 2.45) is 0 Å². The Labute approximate surface area is 113 Å². The summed E-state index contributed by atoms with van der Waals surface area (Å²) in [6.07, 6.45) is 1.61. The maximum absolute atomic E-state index is 12.0. The predicted molar refractivity (Wildman–Crippen MR) is 74.2 cm³/mol. The van der Waals surface area contributed by atoms with E-state index < -0.39 is 10.0 Å². The van der Waals surface area contributed by atoms with Gasteiger partial charge in [-0.1, -0.05) is 18.2 Å². The highest BCUT2D eigenvalue weighted by molar-refractivity contribution is 14.1. The number of anilines is 1. The van der Waals surface area contributed by atoms with Crippen LogP contribution in [0.4, 0.5) is 5.69 Å². The van der Waals surface area contributed by atoms with Crippen LogP contribution < -0.4 is 4.72 Å². The molecule has 0 aliphatic heterocycles. The van der Waals surface area contributed by atoms with Crippen molar-refractivity contribution in [1.82, 2.24) is 4.98 Å². The molecule has 0 aliphatic carbocycles. The predicted octanol–water partition coefficient (Wildman–Crippen LogP) is 2.49. The van der Waals surface area contributed by atoms with E-state index in [1.807, 2.05) is 22.6 Å². The average Bonchev–Trinajstić information content (AvgIpc) is 2.33. The van der Waals surface area contributed by atoms with Gasteiger partial charge in [0, 0.05) is 6.20 Å². The number of rotatable bonds is 3. The molecular weight excluding hydrogens is 351 g/mol. The first-order valence-electron chi connectivity index (χ1n) is 4.78. The molecule has 0 saturated heterocycles. The lowest BCUT2D eigenvalue weighted by Crippen LogP contribution is -2.13. The third-order valence-electron chi connectivity index (χ3n) is 2.06. The Bertz CT molecular complexity index is 614. The standard InChI is InChI=1S/C11H9IN2O2S/c12-11-10(7-4-8-13-11)14-17(15,16)9-5-2-1-3-6-9/h1-8,14H. The zero-order valence-electron chi connectivity index (χ0n) is 8.67. The minimum absolute atomic E-state index is 0.236. The fraction of sp³-hybridized carbons (Fsp3) is 0. The summed E-state index contributed by atoms with van der Waals surface area (Å²) in [5, 5.41) is 0. The van der Waals surface area contributed by atoms with Crippen molar-refractivity contribution < 1.29 is 8.42 Å². The third kappa shape index (κ3) is 2.95. The van der Waals surface area contributed by atoms with Crippen LogP contribution in [0, 0.1) is 3.70 Å². The van der Waals surface area contributed by atoms with E-state index in [0.29, 0.717) is 9.39 Å². The maximum Gasteiger partial charge on any atom is 0.261 e. The lowest BCUT2D eigenvalue weighted by atomic mass is 10.4. The Hall–Kier alpha value is -1.15. The van der Waals surface area contributed by atoms with Crippen LogP contribution in [0.5, 0.6) is 0 Å². The van der Waals surface area contributed by atoms with Crippen molar-refractivity contribution in [3.63, 3.8) is 0 Å². The number of nitrogens with zero attached hydrogens (tertiary/aromatic N) is 1. The van der Waals surface area contributed by atoms with Gasteiger partial charge in [-0.15, -0.1) is 0 Å². The minimum atomic E-state index is -3.53. The van der Waals surface area contributed by atoms with Gasteiger partial charge in [0.15, 0.2) is 0 Å². The van der Waals surface area contributed by atoms with E-state index in [1.54, 1.807) is 48.7 Å². The molecule has 6 heteroatoms. The van der Waals surface area contributed by atoms with Crippen molar-refractivity contribution in [1.29, 1.82) is 0 Å². The van der Waals surface area contributed by atoms with Crippen LogP contribution in [-0.2, 0) is 10.0 Å². The van der Waals surface area contributed by atoms with Crippen molar-refractivity contribution in [2.45, 2.75) is 4.90 Å². The Morgan fingerprint density at radius 1 is 1.06 bits per heavy atom. The van der Waals surface area contributed by atoms with Crippen LogP contribution in [-0.4, -0.2) is 13.4 Å². The van der Waals surface area contributed by atoms with Gasteiger partial charge in [0.25, 0.3) is 10.0 Å². The fourth-order valence-corrected chi connectivity index (χ4v) is 3.01. The molecule has 0 bridgehead atoms. The highest BCUT2D eigenvalue weighted by Gasteiger charge is 2.14. The van der Waals surface area contributed by atoms with Crippen molar-refractivity contribution in [2.75, 3.05) is 4.72 Å². The highest BCUT2D eigenvalue weighted by atomic mass is 127. The zero-order valence-corrected chi connectivity index (χ0v) is 11.6. The molecule has 2 rings (SSSR count). The quantitative estimate of drug-likeness (QED) is 0.676. The monoisotopic (exact) mass is 360 g/mol. The number of sulfonamides is 1. The molecular formula is C11H9IN2O2S. The zero-order chi connectivity index (χ0) is 12.3. The average molecular weight is 360 g/mol. The molecule has 0 radical (unpaired) electrons. The topological polar surface area (TPSA) is 59.1 Å². The van der Waals surface area contributed by atoms with Gasteiger partial charge in [0.1, 0.15) is 3.70 Å². The summed E-state index contributed by atoms with van der Waals surface area (Å²) in [5.74, 6) is 0. The normalized spacial score (nSPS) is 11.1. The van der Waals surface area contributed by atoms with Gasteiger partial charge in [-0.2, -0.15) is 0 Å². The molecule has 17 heavy (non-hydrogen) atoms. The van der Waals surface area contributed by atoms with Gasteiger partial charge in [-0.25, -0.2) is 13.4 Å². The summed E-state index contributed by atoms with van der Waals surface area (Å²) in [4.78, 5) is 4.25. The van der Waals surface area contributed by atoms with E-state index in [2.05, 4.69) is 9.71 Å². The van der Waals surface area contributed by atoms with Crippen LogP contribution in [0.15, 0.2) is 53.6 Å². The second kappa shape index (κ2) is 5.01. The first-order valence-corrected chi connectivity index (χ1v) is 7.34. The summed E-state index contributed by atoms with van der Waals surface area (Å²) in [7, 11) is -3.53. The Kier molecular flexibility index (Phi) is 3.63. The molecule has 4 nitrogen and oxygen atoms in total. The molecule has 0 saturated carbocycles. The van der Waals surface area contributed by atoms with E-state index in [4.69, 9.17) is 0 Å². The Morgan fingerprint density at radius 2 is 1.76 bits per heavy atom. The van der Waals surface area contributed by atoms with Gasteiger partial charge in [-0.05, 0) is 46.9 Å². The van der Waals surface area contributed by atoms with Gasteiger partial charge in [0.05, 0.1) is 10.6 Å². The number of aromatic nitrogens is 1. The molecule has 0 unspecified atom stereocenters. The summed E-state index contributed by atoms with van der Waals surface area (Å²) >= 11 is 1.98. The SMILES string of the molecule is O=S(=O)(Nc1cccnc1I)c1ccccc1. The molecule has 1 heterocycles. The summed E-state index contributed by atoms with van der Waals surface area (Å²) in [5.41, 5.74) is 0.483. The number of halogens is 1. The van der Waals surface area contributed by atoms with Crippen LogP contribution in [0.2, 0.25) is 0 Å². The van der Waals surface area contributed by atoms with Crippen LogP contribution in [0.25, 0.3) is 0 Å². The second-order valence-corrected chi connectivity index (χ2v) is 5.96. The molecule has 1 N–H and O–H groups in total.